The highest BCUT2D eigenvalue weighted by atomic mass is 14.9. The minimum atomic E-state index is 0.636. The molecule has 120 valence electrons. The van der Waals surface area contributed by atoms with Crippen molar-refractivity contribution in [2.24, 2.45) is 22.2 Å². The fraction of sp³-hybridized carbons (Fsp3) is 0.900. The monoisotopic (exact) mass is 289 g/mol. The lowest BCUT2D eigenvalue weighted by atomic mass is 9.39. The first-order valence-electron chi connectivity index (χ1n) is 9.24. The van der Waals surface area contributed by atoms with Crippen LogP contribution in [0.1, 0.15) is 78.6 Å². The summed E-state index contributed by atoms with van der Waals surface area (Å²) < 4.78 is 0. The molecule has 0 aliphatic heterocycles. The molecule has 4 aliphatic carbocycles. The van der Waals surface area contributed by atoms with Gasteiger partial charge in [0, 0.05) is 6.04 Å². The molecule has 0 spiro atoms. The van der Waals surface area contributed by atoms with Crippen LogP contribution in [0.5, 0.6) is 0 Å². The molecule has 0 aromatic heterocycles. The van der Waals surface area contributed by atoms with Crippen molar-refractivity contribution in [1.82, 2.24) is 5.32 Å². The highest BCUT2D eigenvalue weighted by Gasteiger charge is 2.59. The van der Waals surface area contributed by atoms with Gasteiger partial charge in [-0.15, -0.1) is 6.58 Å². The van der Waals surface area contributed by atoms with Crippen LogP contribution in [0.3, 0.4) is 0 Å². The lowest BCUT2D eigenvalue weighted by Gasteiger charge is -2.66. The molecule has 1 N–H and O–H groups in total. The van der Waals surface area contributed by atoms with Gasteiger partial charge < -0.3 is 5.32 Å². The minimum Gasteiger partial charge on any atom is -0.314 e. The number of hydrogen-bond acceptors (Lipinski definition) is 1. The van der Waals surface area contributed by atoms with Crippen molar-refractivity contribution < 1.29 is 0 Å². The molecule has 0 radical (unpaired) electrons. The molecule has 4 rings (SSSR count). The van der Waals surface area contributed by atoms with Crippen LogP contribution in [-0.4, -0.2) is 12.6 Å². The van der Waals surface area contributed by atoms with Gasteiger partial charge in [-0.25, -0.2) is 0 Å². The highest BCUT2D eigenvalue weighted by molar-refractivity contribution is 5.11. The lowest BCUT2D eigenvalue weighted by Crippen LogP contribution is -2.56. The molecule has 1 nitrogen and oxygen atoms in total. The van der Waals surface area contributed by atoms with Crippen molar-refractivity contribution in [1.29, 1.82) is 0 Å². The van der Waals surface area contributed by atoms with Gasteiger partial charge >= 0.3 is 0 Å². The maximum Gasteiger partial charge on any atom is 0.0107 e. The summed E-state index contributed by atoms with van der Waals surface area (Å²) in [5, 5.41) is 3.80. The van der Waals surface area contributed by atoms with Crippen LogP contribution < -0.4 is 5.32 Å². The van der Waals surface area contributed by atoms with Gasteiger partial charge in [0.1, 0.15) is 0 Å². The van der Waals surface area contributed by atoms with Crippen LogP contribution >= 0.6 is 0 Å². The van der Waals surface area contributed by atoms with E-state index in [1.807, 2.05) is 0 Å². The third-order valence-electron chi connectivity index (χ3n) is 6.56. The van der Waals surface area contributed by atoms with Crippen LogP contribution in [0.2, 0.25) is 0 Å². The molecule has 0 saturated heterocycles. The first kappa shape index (κ1) is 15.6. The van der Waals surface area contributed by atoms with Crippen molar-refractivity contribution in [2.45, 2.75) is 84.6 Å². The summed E-state index contributed by atoms with van der Waals surface area (Å²) in [7, 11) is 0. The Morgan fingerprint density at radius 1 is 1.14 bits per heavy atom. The quantitative estimate of drug-likeness (QED) is 0.626. The van der Waals surface area contributed by atoms with E-state index < -0.39 is 0 Å². The summed E-state index contributed by atoms with van der Waals surface area (Å²) >= 11 is 0. The number of hydrogen-bond donors (Lipinski definition) is 1. The van der Waals surface area contributed by atoms with E-state index in [-0.39, 0.29) is 0 Å². The molecule has 4 bridgehead atoms. The standard InChI is InChI=1S/C20H35N/c1-5-7-17(21-8-6-2)12-20-11-16-9-18(3,14-20)13-19(4,10-16)15-20/h5,16-17,21H,1,6-15H2,2-4H3. The molecule has 3 unspecified atom stereocenters. The van der Waals surface area contributed by atoms with E-state index >= 15 is 0 Å². The fourth-order valence-corrected chi connectivity index (χ4v) is 7.22. The van der Waals surface area contributed by atoms with Gasteiger partial charge in [0.05, 0.1) is 0 Å². The Morgan fingerprint density at radius 2 is 1.81 bits per heavy atom. The molecular formula is C20H35N. The third-order valence-corrected chi connectivity index (χ3v) is 6.56. The van der Waals surface area contributed by atoms with Crippen LogP contribution in [0.15, 0.2) is 12.7 Å². The highest BCUT2D eigenvalue weighted by Crippen LogP contribution is 2.70. The first-order valence-corrected chi connectivity index (χ1v) is 9.24. The summed E-state index contributed by atoms with van der Waals surface area (Å²) in [6, 6.07) is 0.658. The second-order valence-corrected chi connectivity index (χ2v) is 9.51. The predicted molar refractivity (Wildman–Crippen MR) is 91.4 cm³/mol. The van der Waals surface area contributed by atoms with E-state index in [0.717, 1.165) is 18.9 Å². The van der Waals surface area contributed by atoms with Crippen LogP contribution in [0, 0.1) is 22.2 Å². The molecule has 0 amide bonds. The van der Waals surface area contributed by atoms with Gasteiger partial charge in [0.25, 0.3) is 0 Å². The molecule has 3 atom stereocenters. The molecule has 4 fully saturated rings. The fourth-order valence-electron chi connectivity index (χ4n) is 7.22. The summed E-state index contributed by atoms with van der Waals surface area (Å²) in [4.78, 5) is 0. The third kappa shape index (κ3) is 3.09. The van der Waals surface area contributed by atoms with E-state index in [4.69, 9.17) is 0 Å². The van der Waals surface area contributed by atoms with E-state index in [9.17, 15) is 0 Å². The number of nitrogens with one attached hydrogen (secondary N) is 1. The van der Waals surface area contributed by atoms with E-state index in [1.165, 1.54) is 51.4 Å². The smallest absolute Gasteiger partial charge is 0.0107 e. The van der Waals surface area contributed by atoms with Crippen molar-refractivity contribution >= 4 is 0 Å². The first-order chi connectivity index (χ1) is 9.90. The van der Waals surface area contributed by atoms with Crippen molar-refractivity contribution in [2.75, 3.05) is 6.54 Å². The second kappa shape index (κ2) is 5.41. The van der Waals surface area contributed by atoms with Crippen LogP contribution in [0.4, 0.5) is 0 Å². The molecule has 0 heterocycles. The van der Waals surface area contributed by atoms with Gasteiger partial charge in [-0.1, -0.05) is 26.8 Å². The van der Waals surface area contributed by atoms with Gasteiger partial charge in [-0.3, -0.25) is 0 Å². The maximum absolute atomic E-state index is 3.99. The summed E-state index contributed by atoms with van der Waals surface area (Å²) in [5.41, 5.74) is 1.94. The Hall–Kier alpha value is -0.300. The molecule has 1 heteroatoms. The molecular weight excluding hydrogens is 254 g/mol. The Kier molecular flexibility index (Phi) is 4.01. The Bertz CT molecular complexity index is 381. The molecule has 0 aromatic carbocycles. The molecule has 0 aromatic rings. The molecule has 21 heavy (non-hydrogen) atoms. The van der Waals surface area contributed by atoms with Crippen LogP contribution in [0.25, 0.3) is 0 Å². The summed E-state index contributed by atoms with van der Waals surface area (Å²) in [6.45, 7) is 12.6. The zero-order chi connectivity index (χ0) is 15.1. The normalized spacial score (nSPS) is 45.8. The van der Waals surface area contributed by atoms with Crippen molar-refractivity contribution in [3.05, 3.63) is 12.7 Å². The average molecular weight is 290 g/mol. The van der Waals surface area contributed by atoms with Crippen molar-refractivity contribution in [3.8, 4) is 0 Å². The molecule has 4 saturated carbocycles. The van der Waals surface area contributed by atoms with Crippen molar-refractivity contribution in [3.63, 3.8) is 0 Å². The van der Waals surface area contributed by atoms with E-state index in [2.05, 4.69) is 38.7 Å². The van der Waals surface area contributed by atoms with Gasteiger partial charge in [0.15, 0.2) is 0 Å². The maximum atomic E-state index is 3.99. The lowest BCUT2D eigenvalue weighted by molar-refractivity contribution is -0.150. The van der Waals surface area contributed by atoms with Gasteiger partial charge in [-0.05, 0) is 86.5 Å². The van der Waals surface area contributed by atoms with Gasteiger partial charge in [0.2, 0.25) is 0 Å². The zero-order valence-electron chi connectivity index (χ0n) is 14.5. The summed E-state index contributed by atoms with van der Waals surface area (Å²) in [5.74, 6) is 1.02. The number of rotatable bonds is 7. The minimum absolute atomic E-state index is 0.636. The zero-order valence-corrected chi connectivity index (χ0v) is 14.5. The Morgan fingerprint density at radius 3 is 2.33 bits per heavy atom. The second-order valence-electron chi connectivity index (χ2n) is 9.51. The predicted octanol–water partition coefficient (Wildman–Crippen LogP) is 5.32. The molecule has 4 aliphatic rings. The topological polar surface area (TPSA) is 12.0 Å². The summed E-state index contributed by atoms with van der Waals surface area (Å²) in [6.07, 6.45) is 14.9. The van der Waals surface area contributed by atoms with E-state index in [1.54, 1.807) is 0 Å². The van der Waals surface area contributed by atoms with Crippen LogP contribution in [-0.2, 0) is 0 Å². The average Bonchev–Trinajstić information content (AvgIpc) is 2.31. The van der Waals surface area contributed by atoms with E-state index in [0.29, 0.717) is 22.3 Å². The Balaban J connectivity index is 1.75. The van der Waals surface area contributed by atoms with Gasteiger partial charge in [-0.2, -0.15) is 0 Å². The Labute approximate surface area is 132 Å². The SMILES string of the molecule is C=CCC(CC12CC3CC(C)(CC(C)(C3)C1)C2)NCCC. The largest absolute Gasteiger partial charge is 0.314 e.